The van der Waals surface area contributed by atoms with Gasteiger partial charge in [0.05, 0.1) is 4.53 Å². The van der Waals surface area contributed by atoms with Crippen LogP contribution in [-0.4, -0.2) is 11.2 Å². The van der Waals surface area contributed by atoms with Gasteiger partial charge in [-0.05, 0) is 48.0 Å². The zero-order chi connectivity index (χ0) is 17.4. The molecule has 0 atom stereocenters. The van der Waals surface area contributed by atoms with Crippen LogP contribution in [0.4, 0.5) is 10.1 Å². The predicted molar refractivity (Wildman–Crippen MR) is 98.1 cm³/mol. The molecular weight excluding hydrogens is 361 g/mol. The van der Waals surface area contributed by atoms with Gasteiger partial charge in [0.15, 0.2) is 4.80 Å². The summed E-state index contributed by atoms with van der Waals surface area (Å²) in [4.78, 5) is 19.8. The van der Waals surface area contributed by atoms with Gasteiger partial charge < -0.3 is 4.90 Å². The monoisotopic (exact) mass is 373 g/mol. The number of hydrogen-bond donors (Lipinski definition) is 0. The average Bonchev–Trinajstić information content (AvgIpc) is 2.91. The molecule has 1 aliphatic rings. The second-order valence-corrected chi connectivity index (χ2v) is 7.08. The molecule has 7 heteroatoms. The van der Waals surface area contributed by atoms with E-state index in [2.05, 4.69) is 4.99 Å². The molecule has 0 radical (unpaired) electrons. The molecule has 0 saturated heterocycles. The number of anilines is 1. The third-order valence-corrected chi connectivity index (χ3v) is 5.19. The van der Waals surface area contributed by atoms with Crippen molar-refractivity contribution in [2.45, 2.75) is 6.67 Å². The number of thiazole rings is 1. The van der Waals surface area contributed by atoms with Crippen molar-refractivity contribution in [3.63, 3.8) is 0 Å². The minimum atomic E-state index is -0.288. The topological polar surface area (TPSA) is 37.6 Å². The molecular formula is C18H13ClFN3OS. The highest BCUT2D eigenvalue weighted by Crippen LogP contribution is 2.16. The zero-order valence-electron chi connectivity index (χ0n) is 13.0. The molecule has 3 aromatic rings. The first kappa shape index (κ1) is 16.1. The summed E-state index contributed by atoms with van der Waals surface area (Å²) in [6, 6.07) is 13.5. The van der Waals surface area contributed by atoms with Crippen LogP contribution in [0.2, 0.25) is 5.02 Å². The number of halogens is 2. The fourth-order valence-electron chi connectivity index (χ4n) is 2.67. The van der Waals surface area contributed by atoms with Gasteiger partial charge in [-0.25, -0.2) is 9.38 Å². The van der Waals surface area contributed by atoms with E-state index in [4.69, 9.17) is 11.6 Å². The minimum Gasteiger partial charge on any atom is -0.334 e. The Balaban J connectivity index is 1.71. The summed E-state index contributed by atoms with van der Waals surface area (Å²) < 4.78 is 15.3. The molecule has 1 aromatic heterocycles. The summed E-state index contributed by atoms with van der Waals surface area (Å²) in [6.07, 6.45) is 1.82. The standard InChI is InChI=1S/C18H13ClFN3OS/c19-13-3-1-2-12(8-13)9-16-17(24)23-11-22(10-21-18(23)25-16)15-6-4-14(20)5-7-15/h1-9H,10-11H2. The summed E-state index contributed by atoms with van der Waals surface area (Å²) in [6.45, 7) is 0.825. The second-order valence-electron chi connectivity index (χ2n) is 5.64. The Morgan fingerprint density at radius 3 is 2.76 bits per heavy atom. The molecule has 4 nitrogen and oxygen atoms in total. The summed E-state index contributed by atoms with van der Waals surface area (Å²) in [5.41, 5.74) is 1.61. The van der Waals surface area contributed by atoms with E-state index in [0.29, 0.717) is 27.7 Å². The zero-order valence-corrected chi connectivity index (χ0v) is 14.6. The van der Waals surface area contributed by atoms with Gasteiger partial charge in [0, 0.05) is 10.7 Å². The molecule has 2 aromatic carbocycles. The van der Waals surface area contributed by atoms with Crippen LogP contribution in [-0.2, 0) is 6.67 Å². The molecule has 2 heterocycles. The molecule has 0 bridgehead atoms. The Bertz CT molecular complexity index is 1100. The largest absolute Gasteiger partial charge is 0.334 e. The van der Waals surface area contributed by atoms with Crippen LogP contribution in [0.1, 0.15) is 5.56 Å². The van der Waals surface area contributed by atoms with Crippen molar-refractivity contribution in [1.82, 2.24) is 4.57 Å². The van der Waals surface area contributed by atoms with Gasteiger partial charge in [0.25, 0.3) is 5.56 Å². The van der Waals surface area contributed by atoms with Gasteiger partial charge >= 0.3 is 0 Å². The Morgan fingerprint density at radius 2 is 2.00 bits per heavy atom. The van der Waals surface area contributed by atoms with Gasteiger partial charge in [-0.2, -0.15) is 0 Å². The number of nitrogens with zero attached hydrogens (tertiary/aromatic N) is 3. The fraction of sp³-hybridized carbons (Fsp3) is 0.111. The SMILES string of the molecule is O=c1c(=Cc2cccc(Cl)c2)sc2n1CN(c1ccc(F)cc1)CN=2. The van der Waals surface area contributed by atoms with Crippen molar-refractivity contribution in [3.8, 4) is 0 Å². The van der Waals surface area contributed by atoms with Gasteiger partial charge in [-0.1, -0.05) is 35.1 Å². The molecule has 1 aliphatic heterocycles. The highest BCUT2D eigenvalue weighted by atomic mass is 35.5. The van der Waals surface area contributed by atoms with Crippen LogP contribution in [0.3, 0.4) is 0 Å². The fourth-order valence-corrected chi connectivity index (χ4v) is 3.84. The van der Waals surface area contributed by atoms with E-state index in [1.54, 1.807) is 22.8 Å². The van der Waals surface area contributed by atoms with E-state index in [-0.39, 0.29) is 11.4 Å². The number of hydrogen-bond acceptors (Lipinski definition) is 4. The lowest BCUT2D eigenvalue weighted by Gasteiger charge is -2.25. The van der Waals surface area contributed by atoms with Crippen LogP contribution >= 0.6 is 22.9 Å². The van der Waals surface area contributed by atoms with Crippen LogP contribution < -0.4 is 19.8 Å². The van der Waals surface area contributed by atoms with Crippen molar-refractivity contribution >= 4 is 34.7 Å². The predicted octanol–water partition coefficient (Wildman–Crippen LogP) is 2.59. The second kappa shape index (κ2) is 6.46. The number of benzene rings is 2. The highest BCUT2D eigenvalue weighted by molar-refractivity contribution is 7.07. The van der Waals surface area contributed by atoms with Crippen molar-refractivity contribution in [3.05, 3.63) is 84.6 Å². The maximum Gasteiger partial charge on any atom is 0.271 e. The van der Waals surface area contributed by atoms with E-state index in [1.807, 2.05) is 29.2 Å². The third kappa shape index (κ3) is 3.23. The Hall–Kier alpha value is -2.44. The maximum absolute atomic E-state index is 13.1. The molecule has 0 amide bonds. The van der Waals surface area contributed by atoms with E-state index in [0.717, 1.165) is 11.3 Å². The molecule has 0 N–H and O–H groups in total. The summed E-state index contributed by atoms with van der Waals surface area (Å²) >= 11 is 7.36. The van der Waals surface area contributed by atoms with Crippen LogP contribution in [0.25, 0.3) is 6.08 Å². The Kier molecular flexibility index (Phi) is 4.15. The third-order valence-electron chi connectivity index (χ3n) is 3.92. The molecule has 4 rings (SSSR count). The van der Waals surface area contributed by atoms with E-state index < -0.39 is 0 Å². The van der Waals surface area contributed by atoms with Gasteiger partial charge in [-0.3, -0.25) is 9.36 Å². The lowest BCUT2D eigenvalue weighted by Crippen LogP contribution is -2.42. The molecule has 126 valence electrons. The molecule has 0 unspecified atom stereocenters. The normalized spacial score (nSPS) is 14.3. The number of aromatic nitrogens is 1. The van der Waals surface area contributed by atoms with Crippen LogP contribution in [0.5, 0.6) is 0 Å². The summed E-state index contributed by atoms with van der Waals surface area (Å²) in [5.74, 6) is -0.288. The van der Waals surface area contributed by atoms with E-state index in [1.165, 1.54) is 23.5 Å². The Morgan fingerprint density at radius 1 is 1.20 bits per heavy atom. The summed E-state index contributed by atoms with van der Waals surface area (Å²) in [5, 5.41) is 0.627. The highest BCUT2D eigenvalue weighted by Gasteiger charge is 2.15. The summed E-state index contributed by atoms with van der Waals surface area (Å²) in [7, 11) is 0. The maximum atomic E-state index is 13.1. The van der Waals surface area contributed by atoms with Gasteiger partial charge in [-0.15, -0.1) is 0 Å². The first-order valence-corrected chi connectivity index (χ1v) is 8.81. The molecule has 25 heavy (non-hydrogen) atoms. The molecule has 0 aliphatic carbocycles. The molecule has 0 spiro atoms. The van der Waals surface area contributed by atoms with Crippen LogP contribution in [0.15, 0.2) is 58.3 Å². The first-order chi connectivity index (χ1) is 12.1. The number of fused-ring (bicyclic) bond motifs is 1. The van der Waals surface area contributed by atoms with Crippen molar-refractivity contribution < 1.29 is 4.39 Å². The van der Waals surface area contributed by atoms with Crippen molar-refractivity contribution in [2.75, 3.05) is 11.6 Å². The lowest BCUT2D eigenvalue weighted by molar-refractivity contribution is 0.568. The molecule has 0 saturated carbocycles. The number of rotatable bonds is 2. The van der Waals surface area contributed by atoms with Gasteiger partial charge in [0.1, 0.15) is 19.2 Å². The quantitative estimate of drug-likeness (QED) is 0.692. The van der Waals surface area contributed by atoms with E-state index in [9.17, 15) is 9.18 Å². The van der Waals surface area contributed by atoms with E-state index >= 15 is 0 Å². The first-order valence-electron chi connectivity index (χ1n) is 7.62. The van der Waals surface area contributed by atoms with Crippen molar-refractivity contribution in [2.24, 2.45) is 4.99 Å². The smallest absolute Gasteiger partial charge is 0.271 e. The Labute approximate surface area is 151 Å². The molecule has 0 fully saturated rings. The lowest BCUT2D eigenvalue weighted by atomic mass is 10.2. The van der Waals surface area contributed by atoms with Crippen molar-refractivity contribution in [1.29, 1.82) is 0 Å². The average molecular weight is 374 g/mol. The minimum absolute atomic E-state index is 0.0875. The van der Waals surface area contributed by atoms with Crippen LogP contribution in [0, 0.1) is 5.82 Å². The van der Waals surface area contributed by atoms with Gasteiger partial charge in [0.2, 0.25) is 0 Å².